The van der Waals surface area contributed by atoms with Crippen LogP contribution in [0.3, 0.4) is 0 Å². The fourth-order valence-electron chi connectivity index (χ4n) is 3.95. The van der Waals surface area contributed by atoms with E-state index in [1.165, 1.54) is 18.2 Å². The molecule has 1 unspecified atom stereocenters. The number of amides is 1. The second-order valence-corrected chi connectivity index (χ2v) is 7.93. The van der Waals surface area contributed by atoms with E-state index in [-0.39, 0.29) is 34.3 Å². The Hall–Kier alpha value is -4.20. The number of hydrogen-bond acceptors (Lipinski definition) is 6. The van der Waals surface area contributed by atoms with E-state index in [0.717, 1.165) is 11.3 Å². The van der Waals surface area contributed by atoms with Crippen molar-refractivity contribution in [2.24, 2.45) is 0 Å². The highest BCUT2D eigenvalue weighted by atomic mass is 16.6. The van der Waals surface area contributed by atoms with Crippen molar-refractivity contribution in [3.05, 3.63) is 99.1 Å². The molecule has 0 saturated heterocycles. The topological polar surface area (TPSA) is 102 Å². The molecule has 0 saturated carbocycles. The van der Waals surface area contributed by atoms with Crippen molar-refractivity contribution in [2.75, 3.05) is 25.6 Å². The van der Waals surface area contributed by atoms with Crippen LogP contribution < -0.4 is 15.0 Å². The Bertz CT molecular complexity index is 1240. The first-order valence-corrected chi connectivity index (χ1v) is 10.5. The van der Waals surface area contributed by atoms with E-state index in [1.807, 2.05) is 24.3 Å². The maximum Gasteiger partial charge on any atom is 0.293 e. The number of nitro benzene ring substituents is 1. The van der Waals surface area contributed by atoms with Gasteiger partial charge in [-0.05, 0) is 24.3 Å². The van der Waals surface area contributed by atoms with Gasteiger partial charge in [0.25, 0.3) is 11.6 Å². The van der Waals surface area contributed by atoms with E-state index in [1.54, 1.807) is 43.3 Å². The van der Waals surface area contributed by atoms with Gasteiger partial charge in [0.15, 0.2) is 5.78 Å². The lowest BCUT2D eigenvalue weighted by Crippen LogP contribution is -2.33. The SMILES string of the molecule is CN(C)c1ccc(C(=O)c2ccccc2C(=O)NC2CCOc3ccccc32)cc1[N+](=O)[O-]. The maximum atomic E-state index is 13.3. The predicted octanol–water partition coefficient (Wildman–Crippen LogP) is 4.15. The molecular weight excluding hydrogens is 422 g/mol. The van der Waals surface area contributed by atoms with Crippen LogP contribution in [-0.2, 0) is 0 Å². The zero-order chi connectivity index (χ0) is 23.5. The van der Waals surface area contributed by atoms with Crippen LogP contribution >= 0.6 is 0 Å². The predicted molar refractivity (Wildman–Crippen MR) is 124 cm³/mol. The molecule has 33 heavy (non-hydrogen) atoms. The number of ketones is 1. The number of carbonyl (C=O) groups is 2. The molecule has 0 radical (unpaired) electrons. The van der Waals surface area contributed by atoms with Gasteiger partial charge in [0.05, 0.1) is 23.1 Å². The van der Waals surface area contributed by atoms with Crippen molar-refractivity contribution in [3.63, 3.8) is 0 Å². The summed E-state index contributed by atoms with van der Waals surface area (Å²) in [6, 6.07) is 18.1. The summed E-state index contributed by atoms with van der Waals surface area (Å²) >= 11 is 0. The summed E-state index contributed by atoms with van der Waals surface area (Å²) in [6.07, 6.45) is 0.608. The van der Waals surface area contributed by atoms with Crippen LogP contribution in [0.4, 0.5) is 11.4 Å². The summed E-state index contributed by atoms with van der Waals surface area (Å²) in [4.78, 5) is 39.1. The first kappa shape index (κ1) is 22.0. The Morgan fingerprint density at radius 2 is 1.73 bits per heavy atom. The molecule has 3 aromatic rings. The second-order valence-electron chi connectivity index (χ2n) is 7.93. The normalized spacial score (nSPS) is 14.5. The van der Waals surface area contributed by atoms with Gasteiger partial charge in [-0.2, -0.15) is 0 Å². The number of nitrogens with zero attached hydrogens (tertiary/aromatic N) is 2. The number of rotatable bonds is 6. The molecule has 1 N–H and O–H groups in total. The lowest BCUT2D eigenvalue weighted by atomic mass is 9.96. The highest BCUT2D eigenvalue weighted by Crippen LogP contribution is 2.32. The van der Waals surface area contributed by atoms with Gasteiger partial charge < -0.3 is 15.0 Å². The van der Waals surface area contributed by atoms with Gasteiger partial charge in [-0.1, -0.05) is 36.4 Å². The minimum atomic E-state index is -0.521. The number of nitro groups is 1. The number of hydrogen-bond donors (Lipinski definition) is 1. The van der Waals surface area contributed by atoms with Crippen molar-refractivity contribution in [1.82, 2.24) is 5.32 Å². The van der Waals surface area contributed by atoms with Crippen molar-refractivity contribution in [1.29, 1.82) is 0 Å². The number of fused-ring (bicyclic) bond motifs is 1. The first-order valence-electron chi connectivity index (χ1n) is 10.5. The van der Waals surface area contributed by atoms with E-state index in [2.05, 4.69) is 5.32 Å². The quantitative estimate of drug-likeness (QED) is 0.348. The van der Waals surface area contributed by atoms with Crippen LogP contribution in [0.15, 0.2) is 66.7 Å². The van der Waals surface area contributed by atoms with Crippen LogP contribution in [0.1, 0.15) is 44.3 Å². The Balaban J connectivity index is 1.64. The molecule has 0 spiro atoms. The van der Waals surface area contributed by atoms with Gasteiger partial charge in [-0.25, -0.2) is 0 Å². The molecule has 3 aromatic carbocycles. The fraction of sp³-hybridized carbons (Fsp3) is 0.200. The monoisotopic (exact) mass is 445 g/mol. The number of benzene rings is 3. The van der Waals surface area contributed by atoms with Crippen molar-refractivity contribution in [2.45, 2.75) is 12.5 Å². The number of anilines is 1. The minimum Gasteiger partial charge on any atom is -0.493 e. The van der Waals surface area contributed by atoms with Gasteiger partial charge in [0.2, 0.25) is 0 Å². The molecule has 4 rings (SSSR count). The van der Waals surface area contributed by atoms with Crippen LogP contribution in [0.2, 0.25) is 0 Å². The van der Waals surface area contributed by atoms with E-state index < -0.39 is 10.7 Å². The summed E-state index contributed by atoms with van der Waals surface area (Å²) in [7, 11) is 3.38. The summed E-state index contributed by atoms with van der Waals surface area (Å²) in [6.45, 7) is 0.477. The summed E-state index contributed by atoms with van der Waals surface area (Å²) in [5.41, 5.74) is 1.64. The molecule has 1 heterocycles. The summed E-state index contributed by atoms with van der Waals surface area (Å²) < 4.78 is 5.65. The van der Waals surface area contributed by atoms with Gasteiger partial charge in [0, 0.05) is 43.3 Å². The summed E-state index contributed by atoms with van der Waals surface area (Å²) in [5, 5.41) is 14.5. The lowest BCUT2D eigenvalue weighted by Gasteiger charge is -2.26. The smallest absolute Gasteiger partial charge is 0.293 e. The van der Waals surface area contributed by atoms with Gasteiger partial charge >= 0.3 is 0 Å². The van der Waals surface area contributed by atoms with Gasteiger partial charge in [0.1, 0.15) is 11.4 Å². The number of ether oxygens (including phenoxy) is 1. The van der Waals surface area contributed by atoms with Gasteiger partial charge in [-0.15, -0.1) is 0 Å². The number of nitrogens with one attached hydrogen (secondary N) is 1. The molecule has 0 bridgehead atoms. The van der Waals surface area contributed by atoms with Crippen LogP contribution in [-0.4, -0.2) is 37.3 Å². The van der Waals surface area contributed by atoms with E-state index >= 15 is 0 Å². The molecule has 0 aromatic heterocycles. The fourth-order valence-corrected chi connectivity index (χ4v) is 3.95. The van der Waals surface area contributed by atoms with Crippen LogP contribution in [0.5, 0.6) is 5.75 Å². The Kier molecular flexibility index (Phi) is 6.08. The highest BCUT2D eigenvalue weighted by Gasteiger charge is 2.26. The molecule has 1 amide bonds. The number of carbonyl (C=O) groups excluding carboxylic acids is 2. The van der Waals surface area contributed by atoms with E-state index in [9.17, 15) is 19.7 Å². The standard InChI is InChI=1S/C25H23N3O5/c1-27(2)21-12-11-16(15-22(21)28(31)32)24(29)17-7-3-4-8-18(17)25(30)26-20-13-14-33-23-10-6-5-9-19(20)23/h3-12,15,20H,13-14H2,1-2H3,(H,26,30). The molecule has 1 aliphatic rings. The van der Waals surface area contributed by atoms with Crippen LogP contribution in [0, 0.1) is 10.1 Å². The molecule has 1 aliphatic heterocycles. The van der Waals surface area contributed by atoms with Crippen molar-refractivity contribution < 1.29 is 19.2 Å². The Morgan fingerprint density at radius 1 is 1.03 bits per heavy atom. The molecule has 8 nitrogen and oxygen atoms in total. The Morgan fingerprint density at radius 3 is 2.45 bits per heavy atom. The zero-order valence-corrected chi connectivity index (χ0v) is 18.3. The Labute approximate surface area is 190 Å². The molecule has 168 valence electrons. The third-order valence-corrected chi connectivity index (χ3v) is 5.60. The molecule has 1 atom stereocenters. The second kappa shape index (κ2) is 9.12. The van der Waals surface area contributed by atoms with Gasteiger partial charge in [-0.3, -0.25) is 19.7 Å². The minimum absolute atomic E-state index is 0.143. The molecule has 8 heteroatoms. The highest BCUT2D eigenvalue weighted by molar-refractivity contribution is 6.15. The third-order valence-electron chi connectivity index (χ3n) is 5.60. The van der Waals surface area contributed by atoms with E-state index in [0.29, 0.717) is 18.7 Å². The number of para-hydroxylation sites is 1. The molecule has 0 aliphatic carbocycles. The zero-order valence-electron chi connectivity index (χ0n) is 18.3. The van der Waals surface area contributed by atoms with Crippen LogP contribution in [0.25, 0.3) is 0 Å². The lowest BCUT2D eigenvalue weighted by molar-refractivity contribution is -0.384. The van der Waals surface area contributed by atoms with Crippen molar-refractivity contribution >= 4 is 23.1 Å². The summed E-state index contributed by atoms with van der Waals surface area (Å²) in [5.74, 6) is -0.117. The largest absolute Gasteiger partial charge is 0.493 e. The molecular formula is C25H23N3O5. The van der Waals surface area contributed by atoms with E-state index in [4.69, 9.17) is 4.74 Å². The molecule has 0 fully saturated rings. The van der Waals surface area contributed by atoms with Crippen molar-refractivity contribution in [3.8, 4) is 5.75 Å². The third kappa shape index (κ3) is 4.41. The average Bonchev–Trinajstić information content (AvgIpc) is 2.83. The maximum absolute atomic E-state index is 13.3. The average molecular weight is 445 g/mol. The first-order chi connectivity index (χ1) is 15.9.